The summed E-state index contributed by atoms with van der Waals surface area (Å²) in [6.07, 6.45) is 3.77. The van der Waals surface area contributed by atoms with Crippen molar-refractivity contribution >= 4 is 11.7 Å². The number of likely N-dealkylation sites (tertiary alicyclic amines) is 1. The Kier molecular flexibility index (Phi) is 4.55. The zero-order chi connectivity index (χ0) is 17.3. The van der Waals surface area contributed by atoms with Crippen LogP contribution in [0.2, 0.25) is 0 Å². The van der Waals surface area contributed by atoms with Gasteiger partial charge in [0.1, 0.15) is 5.82 Å². The van der Waals surface area contributed by atoms with Gasteiger partial charge in [-0.2, -0.15) is 5.10 Å². The first-order valence-corrected chi connectivity index (χ1v) is 8.41. The fraction of sp³-hybridized carbons (Fsp3) is 0.500. The molecular formula is C18H25N5O. The maximum absolute atomic E-state index is 13.0. The maximum atomic E-state index is 13.0. The fourth-order valence-corrected chi connectivity index (χ4v) is 3.31. The van der Waals surface area contributed by atoms with Crippen LogP contribution in [0.15, 0.2) is 24.4 Å². The smallest absolute Gasteiger partial charge is 0.254 e. The molecule has 0 N–H and O–H groups in total. The van der Waals surface area contributed by atoms with Gasteiger partial charge < -0.3 is 9.80 Å². The van der Waals surface area contributed by atoms with Gasteiger partial charge in [-0.1, -0.05) is 0 Å². The van der Waals surface area contributed by atoms with Crippen molar-refractivity contribution in [3.8, 4) is 0 Å². The second-order valence-electron chi connectivity index (χ2n) is 6.70. The molecule has 6 nitrogen and oxygen atoms in total. The highest BCUT2D eigenvalue weighted by Crippen LogP contribution is 2.23. The van der Waals surface area contributed by atoms with Gasteiger partial charge in [0.05, 0.1) is 18.3 Å². The number of anilines is 1. The van der Waals surface area contributed by atoms with Crippen LogP contribution < -0.4 is 4.90 Å². The number of carbonyl (C=O) groups excluding carboxylic acids is 1. The molecule has 1 amide bonds. The molecule has 24 heavy (non-hydrogen) atoms. The Morgan fingerprint density at radius 2 is 2.12 bits per heavy atom. The quantitative estimate of drug-likeness (QED) is 0.864. The fourth-order valence-electron chi connectivity index (χ4n) is 3.31. The van der Waals surface area contributed by atoms with Crippen molar-refractivity contribution in [3.63, 3.8) is 0 Å². The van der Waals surface area contributed by atoms with Crippen molar-refractivity contribution in [1.82, 2.24) is 19.7 Å². The van der Waals surface area contributed by atoms with Gasteiger partial charge in [-0.05, 0) is 44.9 Å². The summed E-state index contributed by atoms with van der Waals surface area (Å²) in [4.78, 5) is 21.2. The lowest BCUT2D eigenvalue weighted by molar-refractivity contribution is 0.0721. The van der Waals surface area contributed by atoms with Gasteiger partial charge >= 0.3 is 0 Å². The molecule has 128 valence electrons. The summed E-state index contributed by atoms with van der Waals surface area (Å²) in [5.74, 6) is 0.889. The number of nitrogens with zero attached hydrogens (tertiary/aromatic N) is 5. The van der Waals surface area contributed by atoms with Gasteiger partial charge in [0.25, 0.3) is 5.91 Å². The number of hydrogen-bond donors (Lipinski definition) is 0. The standard InChI is InChI=1S/C18H25N5O/c1-13-10-14(2)23(20-13)12-16-6-5-9-22(16)18(24)15-7-8-19-17(11-15)21(3)4/h7-8,10-11,16H,5-6,9,12H2,1-4H3/t16-/m1/s1. The largest absolute Gasteiger partial charge is 0.363 e. The topological polar surface area (TPSA) is 54.3 Å². The van der Waals surface area contributed by atoms with E-state index in [-0.39, 0.29) is 11.9 Å². The molecule has 0 aromatic carbocycles. The molecule has 1 aliphatic rings. The number of pyridine rings is 1. The van der Waals surface area contributed by atoms with Crippen LogP contribution in [0.1, 0.15) is 34.6 Å². The van der Waals surface area contributed by atoms with Gasteiger partial charge in [0, 0.05) is 38.1 Å². The summed E-state index contributed by atoms with van der Waals surface area (Å²) < 4.78 is 2.02. The molecule has 0 spiro atoms. The van der Waals surface area contributed by atoms with E-state index in [0.29, 0.717) is 5.56 Å². The number of aromatic nitrogens is 3. The van der Waals surface area contributed by atoms with E-state index in [2.05, 4.69) is 23.1 Å². The predicted octanol–water partition coefficient (Wildman–Crippen LogP) is 2.27. The number of hydrogen-bond acceptors (Lipinski definition) is 4. The van der Waals surface area contributed by atoms with Crippen molar-refractivity contribution in [2.75, 3.05) is 25.5 Å². The summed E-state index contributed by atoms with van der Waals surface area (Å²) >= 11 is 0. The molecule has 1 atom stereocenters. The third kappa shape index (κ3) is 3.27. The number of rotatable bonds is 4. The molecule has 0 radical (unpaired) electrons. The molecule has 0 aliphatic carbocycles. The third-order valence-electron chi connectivity index (χ3n) is 4.58. The molecule has 0 bridgehead atoms. The highest BCUT2D eigenvalue weighted by atomic mass is 16.2. The lowest BCUT2D eigenvalue weighted by atomic mass is 10.2. The molecule has 1 aliphatic heterocycles. The summed E-state index contributed by atoms with van der Waals surface area (Å²) in [5, 5.41) is 4.54. The normalized spacial score (nSPS) is 17.3. The average Bonchev–Trinajstić information content (AvgIpc) is 3.13. The van der Waals surface area contributed by atoms with Crippen LogP contribution in [0.3, 0.4) is 0 Å². The molecule has 3 rings (SSSR count). The van der Waals surface area contributed by atoms with Crippen LogP contribution in [0, 0.1) is 13.8 Å². The molecule has 2 aromatic heterocycles. The number of carbonyl (C=O) groups is 1. The number of amides is 1. The first kappa shape index (κ1) is 16.5. The van der Waals surface area contributed by atoms with Gasteiger partial charge in [0.15, 0.2) is 0 Å². The SMILES string of the molecule is Cc1cc(C)n(C[C@H]2CCCN2C(=O)c2ccnc(N(C)C)c2)n1. The Labute approximate surface area is 143 Å². The van der Waals surface area contributed by atoms with Gasteiger partial charge in [0.2, 0.25) is 0 Å². The van der Waals surface area contributed by atoms with Crippen molar-refractivity contribution in [2.24, 2.45) is 0 Å². The lowest BCUT2D eigenvalue weighted by Crippen LogP contribution is -2.38. The van der Waals surface area contributed by atoms with E-state index in [9.17, 15) is 4.79 Å². The van der Waals surface area contributed by atoms with Crippen LogP contribution in [-0.4, -0.2) is 52.3 Å². The first-order valence-electron chi connectivity index (χ1n) is 8.41. The minimum Gasteiger partial charge on any atom is -0.363 e. The highest BCUT2D eigenvalue weighted by Gasteiger charge is 2.30. The Bertz CT molecular complexity index is 737. The average molecular weight is 327 g/mol. The van der Waals surface area contributed by atoms with E-state index in [4.69, 9.17) is 0 Å². The summed E-state index contributed by atoms with van der Waals surface area (Å²) in [6.45, 7) is 5.63. The van der Waals surface area contributed by atoms with E-state index in [1.165, 1.54) is 0 Å². The third-order valence-corrected chi connectivity index (χ3v) is 4.58. The van der Waals surface area contributed by atoms with Crippen LogP contribution in [-0.2, 0) is 6.54 Å². The van der Waals surface area contributed by atoms with Gasteiger partial charge in [-0.15, -0.1) is 0 Å². The first-order chi connectivity index (χ1) is 11.5. The maximum Gasteiger partial charge on any atom is 0.254 e. The second kappa shape index (κ2) is 6.63. The van der Waals surface area contributed by atoms with E-state index in [1.807, 2.05) is 41.6 Å². The Morgan fingerprint density at radius 3 is 2.79 bits per heavy atom. The lowest BCUT2D eigenvalue weighted by Gasteiger charge is -2.25. The minimum atomic E-state index is 0.0875. The zero-order valence-electron chi connectivity index (χ0n) is 14.9. The minimum absolute atomic E-state index is 0.0875. The predicted molar refractivity (Wildman–Crippen MR) is 94.3 cm³/mol. The molecule has 6 heteroatoms. The molecule has 1 saturated heterocycles. The molecule has 2 aromatic rings. The van der Waals surface area contributed by atoms with Crippen molar-refractivity contribution in [1.29, 1.82) is 0 Å². The molecule has 0 unspecified atom stereocenters. The van der Waals surface area contributed by atoms with Crippen molar-refractivity contribution in [2.45, 2.75) is 39.3 Å². The summed E-state index contributed by atoms with van der Waals surface area (Å²) in [7, 11) is 3.86. The highest BCUT2D eigenvalue weighted by molar-refractivity contribution is 5.95. The summed E-state index contributed by atoms with van der Waals surface area (Å²) in [5.41, 5.74) is 2.87. The Balaban J connectivity index is 1.78. The van der Waals surface area contributed by atoms with Crippen LogP contribution in [0.25, 0.3) is 0 Å². The molecule has 1 fully saturated rings. The second-order valence-corrected chi connectivity index (χ2v) is 6.70. The van der Waals surface area contributed by atoms with E-state index < -0.39 is 0 Å². The van der Waals surface area contributed by atoms with E-state index >= 15 is 0 Å². The van der Waals surface area contributed by atoms with Gasteiger partial charge in [-0.3, -0.25) is 9.48 Å². The monoisotopic (exact) mass is 327 g/mol. The molecule has 3 heterocycles. The number of aryl methyl sites for hydroxylation is 2. The molecule has 0 saturated carbocycles. The summed E-state index contributed by atoms with van der Waals surface area (Å²) in [6, 6.07) is 5.94. The zero-order valence-corrected chi connectivity index (χ0v) is 14.9. The van der Waals surface area contributed by atoms with Crippen LogP contribution in [0.5, 0.6) is 0 Å². The van der Waals surface area contributed by atoms with Crippen LogP contribution >= 0.6 is 0 Å². The Hall–Kier alpha value is -2.37. The Morgan fingerprint density at radius 1 is 1.33 bits per heavy atom. The molecular weight excluding hydrogens is 302 g/mol. The van der Waals surface area contributed by atoms with Crippen LogP contribution in [0.4, 0.5) is 5.82 Å². The van der Waals surface area contributed by atoms with E-state index in [1.54, 1.807) is 12.3 Å². The van der Waals surface area contributed by atoms with Crippen molar-refractivity contribution < 1.29 is 4.79 Å². The van der Waals surface area contributed by atoms with Gasteiger partial charge in [-0.25, -0.2) is 4.98 Å². The van der Waals surface area contributed by atoms with E-state index in [0.717, 1.165) is 43.1 Å². The van der Waals surface area contributed by atoms with Crippen molar-refractivity contribution in [3.05, 3.63) is 41.3 Å².